The molecule has 7 rings (SSSR count). The minimum atomic E-state index is -0.352. The molecule has 0 amide bonds. The number of fused-ring (bicyclic) bond motifs is 4. The molecule has 164 valence electrons. The molecule has 3 unspecified atom stereocenters. The van der Waals surface area contributed by atoms with E-state index in [4.69, 9.17) is 0 Å². The number of allylic oxidation sites excluding steroid dienone is 2. The van der Waals surface area contributed by atoms with Crippen molar-refractivity contribution >= 4 is 11.4 Å². The van der Waals surface area contributed by atoms with Crippen molar-refractivity contribution < 1.29 is 0 Å². The average molecular weight is 439 g/mol. The number of nitrogens with one attached hydrogen (secondary N) is 2. The maximum absolute atomic E-state index is 3.99. The molecule has 1 aliphatic carbocycles. The van der Waals surface area contributed by atoms with E-state index in [1.807, 2.05) is 0 Å². The number of hydrogen-bond acceptors (Lipinski definition) is 2. The summed E-state index contributed by atoms with van der Waals surface area (Å²) in [7, 11) is 0. The Balaban J connectivity index is 1.53. The Morgan fingerprint density at radius 2 is 1.21 bits per heavy atom. The zero-order chi connectivity index (χ0) is 22.5. The minimum absolute atomic E-state index is 0.0774. The molecular weight excluding hydrogens is 412 g/mol. The molecule has 0 radical (unpaired) electrons. The Kier molecular flexibility index (Phi) is 4.28. The van der Waals surface area contributed by atoms with Crippen molar-refractivity contribution in [1.82, 2.24) is 0 Å². The van der Waals surface area contributed by atoms with Crippen LogP contribution in [-0.2, 0) is 5.41 Å². The van der Waals surface area contributed by atoms with Crippen molar-refractivity contribution in [1.29, 1.82) is 0 Å². The van der Waals surface area contributed by atoms with Gasteiger partial charge in [-0.25, -0.2) is 0 Å². The van der Waals surface area contributed by atoms with Gasteiger partial charge in [0.15, 0.2) is 0 Å². The van der Waals surface area contributed by atoms with Crippen LogP contribution in [0.1, 0.15) is 39.8 Å². The van der Waals surface area contributed by atoms with E-state index in [0.29, 0.717) is 12.0 Å². The van der Waals surface area contributed by atoms with Gasteiger partial charge in [-0.3, -0.25) is 0 Å². The first kappa shape index (κ1) is 19.4. The van der Waals surface area contributed by atoms with Gasteiger partial charge in [-0.2, -0.15) is 0 Å². The van der Waals surface area contributed by atoms with Gasteiger partial charge in [0.2, 0.25) is 0 Å². The molecule has 2 heteroatoms. The van der Waals surface area contributed by atoms with Gasteiger partial charge in [-0.05, 0) is 39.9 Å². The van der Waals surface area contributed by atoms with Gasteiger partial charge in [0, 0.05) is 17.3 Å². The second-order valence-corrected chi connectivity index (χ2v) is 9.48. The first-order chi connectivity index (χ1) is 16.9. The highest BCUT2D eigenvalue weighted by molar-refractivity contribution is 5.79. The summed E-state index contributed by atoms with van der Waals surface area (Å²) >= 11 is 0. The Morgan fingerprint density at radius 3 is 1.88 bits per heavy atom. The average Bonchev–Trinajstić information content (AvgIpc) is 3.44. The van der Waals surface area contributed by atoms with Crippen LogP contribution in [0, 0.1) is 0 Å². The molecule has 4 aromatic rings. The van der Waals surface area contributed by atoms with E-state index in [0.717, 1.165) is 0 Å². The van der Waals surface area contributed by atoms with E-state index >= 15 is 0 Å². The van der Waals surface area contributed by atoms with Crippen molar-refractivity contribution in [3.05, 3.63) is 155 Å². The molecule has 0 saturated carbocycles. The zero-order valence-electron chi connectivity index (χ0n) is 18.9. The maximum Gasteiger partial charge on any atom is 0.0715 e. The first-order valence-electron chi connectivity index (χ1n) is 12.1. The molecule has 0 fully saturated rings. The summed E-state index contributed by atoms with van der Waals surface area (Å²) in [4.78, 5) is 0. The summed E-state index contributed by atoms with van der Waals surface area (Å²) in [5.41, 5.74) is 8.72. The van der Waals surface area contributed by atoms with Crippen LogP contribution < -0.4 is 10.6 Å². The van der Waals surface area contributed by atoms with E-state index < -0.39 is 0 Å². The lowest BCUT2D eigenvalue weighted by Crippen LogP contribution is -2.35. The maximum atomic E-state index is 3.99. The molecule has 4 aromatic carbocycles. The lowest BCUT2D eigenvalue weighted by atomic mass is 9.65. The Labute approximate surface area is 200 Å². The van der Waals surface area contributed by atoms with Crippen molar-refractivity contribution in [2.45, 2.75) is 23.4 Å². The van der Waals surface area contributed by atoms with Crippen LogP contribution in [0.2, 0.25) is 0 Å². The Bertz CT molecular complexity index is 1360. The Hall–Kier alpha value is -4.04. The molecule has 0 bridgehead atoms. The molecule has 0 spiro atoms. The molecule has 2 aliphatic heterocycles. The molecule has 2 heterocycles. The normalized spacial score (nSPS) is 22.9. The van der Waals surface area contributed by atoms with Gasteiger partial charge in [0.05, 0.1) is 17.5 Å². The Morgan fingerprint density at radius 1 is 0.588 bits per heavy atom. The van der Waals surface area contributed by atoms with Crippen LogP contribution in [-0.4, -0.2) is 6.04 Å². The monoisotopic (exact) mass is 438 g/mol. The number of benzene rings is 4. The molecular formula is C32H26N2. The van der Waals surface area contributed by atoms with E-state index in [1.54, 1.807) is 0 Å². The van der Waals surface area contributed by atoms with E-state index in [2.05, 4.69) is 138 Å². The van der Waals surface area contributed by atoms with Crippen LogP contribution in [0.5, 0.6) is 0 Å². The second kappa shape index (κ2) is 7.50. The summed E-state index contributed by atoms with van der Waals surface area (Å²) in [6.07, 6.45) is 8.91. The third-order valence-electron chi connectivity index (χ3n) is 7.75. The van der Waals surface area contributed by atoms with Crippen LogP contribution in [0.25, 0.3) is 0 Å². The molecule has 0 aromatic heterocycles. The topological polar surface area (TPSA) is 24.1 Å². The predicted molar refractivity (Wildman–Crippen MR) is 140 cm³/mol. The summed E-state index contributed by atoms with van der Waals surface area (Å²) in [6.45, 7) is 0. The second-order valence-electron chi connectivity index (χ2n) is 9.48. The lowest BCUT2D eigenvalue weighted by Gasteiger charge is -2.38. The molecule has 2 nitrogen and oxygen atoms in total. The zero-order valence-corrected chi connectivity index (χ0v) is 18.9. The first-order valence-corrected chi connectivity index (χ1v) is 12.1. The van der Waals surface area contributed by atoms with E-state index in [1.165, 1.54) is 39.2 Å². The van der Waals surface area contributed by atoms with Crippen molar-refractivity contribution in [3.63, 3.8) is 0 Å². The van der Waals surface area contributed by atoms with Crippen molar-refractivity contribution in [2.24, 2.45) is 0 Å². The molecule has 2 N–H and O–H groups in total. The summed E-state index contributed by atoms with van der Waals surface area (Å²) < 4.78 is 0. The number of anilines is 2. The van der Waals surface area contributed by atoms with Gasteiger partial charge in [0.1, 0.15) is 0 Å². The SMILES string of the molecule is C1=CC2Nc3cc4c(cc3C2C=C1)NC(c1ccccc1)C4(c1ccccc1)c1ccccc1. The molecule has 0 saturated heterocycles. The van der Waals surface area contributed by atoms with E-state index in [-0.39, 0.29) is 11.5 Å². The van der Waals surface area contributed by atoms with Crippen molar-refractivity contribution in [2.75, 3.05) is 10.6 Å². The third kappa shape index (κ3) is 2.69. The quantitative estimate of drug-likeness (QED) is 0.354. The number of hydrogen-bond donors (Lipinski definition) is 2. The minimum Gasteiger partial charge on any atom is -0.378 e. The standard InChI is InChI=1S/C32H26N2/c1-4-12-22(13-5-1)31-32(23-14-6-2-7-15-23,24-16-8-3-9-17-24)27-21-29-26(20-30(27)34-31)25-18-10-11-19-28(25)33-29/h1-21,25,28,31,33-34H. The van der Waals surface area contributed by atoms with Crippen LogP contribution >= 0.6 is 0 Å². The third-order valence-corrected chi connectivity index (χ3v) is 7.75. The van der Waals surface area contributed by atoms with Gasteiger partial charge < -0.3 is 10.6 Å². The van der Waals surface area contributed by atoms with Crippen LogP contribution in [0.15, 0.2) is 127 Å². The smallest absolute Gasteiger partial charge is 0.0715 e. The van der Waals surface area contributed by atoms with Gasteiger partial charge in [-0.1, -0.05) is 115 Å². The fraction of sp³-hybridized carbons (Fsp3) is 0.125. The molecule has 3 atom stereocenters. The van der Waals surface area contributed by atoms with E-state index in [9.17, 15) is 0 Å². The predicted octanol–water partition coefficient (Wildman–Crippen LogP) is 7.19. The summed E-state index contributed by atoms with van der Waals surface area (Å²) in [6, 6.07) is 38.1. The highest BCUT2D eigenvalue weighted by atomic mass is 15.0. The van der Waals surface area contributed by atoms with Gasteiger partial charge in [-0.15, -0.1) is 0 Å². The van der Waals surface area contributed by atoms with Gasteiger partial charge >= 0.3 is 0 Å². The van der Waals surface area contributed by atoms with Crippen LogP contribution in [0.3, 0.4) is 0 Å². The number of rotatable bonds is 3. The fourth-order valence-electron chi connectivity index (χ4n) is 6.30. The molecule has 34 heavy (non-hydrogen) atoms. The summed E-state index contributed by atoms with van der Waals surface area (Å²) in [5, 5.41) is 7.79. The van der Waals surface area contributed by atoms with Crippen molar-refractivity contribution in [3.8, 4) is 0 Å². The highest BCUT2D eigenvalue weighted by Gasteiger charge is 2.51. The fourth-order valence-corrected chi connectivity index (χ4v) is 6.30. The molecule has 3 aliphatic rings. The highest BCUT2D eigenvalue weighted by Crippen LogP contribution is 2.58. The lowest BCUT2D eigenvalue weighted by molar-refractivity contribution is 0.554. The largest absolute Gasteiger partial charge is 0.378 e. The summed E-state index contributed by atoms with van der Waals surface area (Å²) in [5.74, 6) is 0.380. The van der Waals surface area contributed by atoms with Gasteiger partial charge in [0.25, 0.3) is 0 Å². The van der Waals surface area contributed by atoms with Crippen LogP contribution in [0.4, 0.5) is 11.4 Å².